The molecule has 122 valence electrons. The van der Waals surface area contributed by atoms with Gasteiger partial charge < -0.3 is 4.55 Å². The zero-order valence-electron chi connectivity index (χ0n) is 13.5. The second-order valence-electron chi connectivity index (χ2n) is 5.07. The quantitative estimate of drug-likeness (QED) is 0.330. The van der Waals surface area contributed by atoms with Crippen LogP contribution in [0.25, 0.3) is 0 Å². The zero-order chi connectivity index (χ0) is 16.2. The van der Waals surface area contributed by atoms with Crippen molar-refractivity contribution in [2.45, 2.75) is 52.9 Å². The Hall–Kier alpha value is -0.910. The first-order valence-corrected chi connectivity index (χ1v) is 9.30. The Labute approximate surface area is 130 Å². The second kappa shape index (κ2) is 10.8. The van der Waals surface area contributed by atoms with Gasteiger partial charge >= 0.3 is 0 Å². The van der Waals surface area contributed by atoms with E-state index in [1.54, 1.807) is 0 Å². The van der Waals surface area contributed by atoms with E-state index in [-0.39, 0.29) is 5.75 Å². The lowest BCUT2D eigenvalue weighted by Crippen LogP contribution is -2.32. The Kier molecular flexibility index (Phi) is 10.3. The lowest BCUT2D eigenvalue weighted by atomic mass is 10.2. The van der Waals surface area contributed by atoms with E-state index in [0.29, 0.717) is 17.3 Å². The van der Waals surface area contributed by atoms with Crippen LogP contribution < -0.4 is 0 Å². The molecule has 0 spiro atoms. The molecule has 0 aromatic heterocycles. The summed E-state index contributed by atoms with van der Waals surface area (Å²) in [5.74, 6) is -0.278. The molecule has 0 saturated carbocycles. The Morgan fingerprint density at radius 3 is 1.62 bits per heavy atom. The van der Waals surface area contributed by atoms with Gasteiger partial charge in [-0.1, -0.05) is 20.8 Å². The van der Waals surface area contributed by atoms with Crippen molar-refractivity contribution in [2.75, 3.05) is 12.3 Å². The minimum absolute atomic E-state index is 0.278. The lowest BCUT2D eigenvalue weighted by molar-refractivity contribution is -0.774. The summed E-state index contributed by atoms with van der Waals surface area (Å²) in [6.45, 7) is 7.02. The van der Waals surface area contributed by atoms with Crippen LogP contribution in [-0.2, 0) is 10.1 Å². The minimum atomic E-state index is -4.10. The number of nitrogens with zero attached hydrogens (tertiary/aromatic N) is 1. The van der Waals surface area contributed by atoms with Crippen LogP contribution in [0.5, 0.6) is 0 Å². The maximum absolute atomic E-state index is 10.7. The summed E-state index contributed by atoms with van der Waals surface area (Å²) in [5, 5.41) is 0. The van der Waals surface area contributed by atoms with Crippen LogP contribution in [0.2, 0.25) is 0 Å². The van der Waals surface area contributed by atoms with Crippen molar-refractivity contribution in [1.29, 1.82) is 0 Å². The average molecular weight is 315 g/mol. The molecule has 0 unspecified atom stereocenters. The standard InChI is InChI=1S/C16H29NO3S/c1-4-7-12-17(13-8-5-2,14-9-6-3)15-10-11-16-21(18,19)20/h7-9,12-14H,4-6,10-11,15-16H2,1-3H3/b12-7+,13-8+,14-9+. The van der Waals surface area contributed by atoms with Crippen molar-refractivity contribution in [3.05, 3.63) is 36.8 Å². The highest BCUT2D eigenvalue weighted by atomic mass is 32.2. The van der Waals surface area contributed by atoms with Crippen molar-refractivity contribution in [1.82, 2.24) is 0 Å². The van der Waals surface area contributed by atoms with Crippen molar-refractivity contribution < 1.29 is 17.5 Å². The molecule has 0 aromatic carbocycles. The largest absolute Gasteiger partial charge is 0.748 e. The summed E-state index contributed by atoms with van der Waals surface area (Å²) < 4.78 is 32.6. The number of hydrogen-bond donors (Lipinski definition) is 0. The highest BCUT2D eigenvalue weighted by molar-refractivity contribution is 7.85. The van der Waals surface area contributed by atoms with Crippen molar-refractivity contribution in [2.24, 2.45) is 0 Å². The van der Waals surface area contributed by atoms with E-state index in [4.69, 9.17) is 0 Å². The molecule has 0 bridgehead atoms. The first-order chi connectivity index (χ1) is 9.89. The monoisotopic (exact) mass is 315 g/mol. The summed E-state index contributed by atoms with van der Waals surface area (Å²) in [7, 11) is -4.10. The first-order valence-electron chi connectivity index (χ1n) is 7.73. The van der Waals surface area contributed by atoms with E-state index in [2.05, 4.69) is 57.6 Å². The molecule has 4 nitrogen and oxygen atoms in total. The SMILES string of the molecule is CC/C=C/[N+](/C=C/CC)(/C=C/CC)CCCCS(=O)(=O)[O-]. The lowest BCUT2D eigenvalue weighted by Gasteiger charge is -2.27. The molecule has 0 rings (SSSR count). The van der Waals surface area contributed by atoms with Gasteiger partial charge in [-0.05, 0) is 50.3 Å². The fourth-order valence-corrected chi connectivity index (χ4v) is 2.50. The first kappa shape index (κ1) is 20.1. The molecule has 0 radical (unpaired) electrons. The van der Waals surface area contributed by atoms with Gasteiger partial charge in [-0.25, -0.2) is 12.9 Å². The molecular formula is C16H29NO3S. The van der Waals surface area contributed by atoms with Gasteiger partial charge in [-0.2, -0.15) is 0 Å². The maximum atomic E-state index is 10.7. The van der Waals surface area contributed by atoms with Crippen molar-refractivity contribution >= 4 is 10.1 Å². The molecule has 21 heavy (non-hydrogen) atoms. The summed E-state index contributed by atoms with van der Waals surface area (Å²) >= 11 is 0. The molecule has 0 saturated heterocycles. The van der Waals surface area contributed by atoms with Crippen LogP contribution in [0.4, 0.5) is 0 Å². The zero-order valence-corrected chi connectivity index (χ0v) is 14.3. The van der Waals surface area contributed by atoms with Crippen LogP contribution in [0.3, 0.4) is 0 Å². The third-order valence-electron chi connectivity index (χ3n) is 3.05. The van der Waals surface area contributed by atoms with Gasteiger partial charge in [0.2, 0.25) is 0 Å². The second-order valence-corrected chi connectivity index (χ2v) is 6.59. The molecule has 0 atom stereocenters. The van der Waals surface area contributed by atoms with Gasteiger partial charge in [-0.3, -0.25) is 0 Å². The van der Waals surface area contributed by atoms with E-state index in [1.165, 1.54) is 0 Å². The maximum Gasteiger partial charge on any atom is 0.101 e. The predicted molar refractivity (Wildman–Crippen MR) is 87.2 cm³/mol. The van der Waals surface area contributed by atoms with Crippen LogP contribution in [-0.4, -0.2) is 29.8 Å². The summed E-state index contributed by atoms with van der Waals surface area (Å²) in [5.41, 5.74) is 0. The van der Waals surface area contributed by atoms with Gasteiger partial charge in [-0.15, -0.1) is 0 Å². The van der Waals surface area contributed by atoms with Crippen molar-refractivity contribution in [3.8, 4) is 0 Å². The summed E-state index contributed by atoms with van der Waals surface area (Å²) in [4.78, 5) is 0. The molecule has 0 aliphatic carbocycles. The van der Waals surface area contributed by atoms with Gasteiger partial charge in [0.25, 0.3) is 0 Å². The smallest absolute Gasteiger partial charge is 0.101 e. The molecule has 0 aliphatic rings. The molecular weight excluding hydrogens is 286 g/mol. The molecule has 0 heterocycles. The minimum Gasteiger partial charge on any atom is -0.748 e. The van der Waals surface area contributed by atoms with Crippen molar-refractivity contribution in [3.63, 3.8) is 0 Å². The fourth-order valence-electron chi connectivity index (χ4n) is 1.94. The predicted octanol–water partition coefficient (Wildman–Crippen LogP) is 3.90. The topological polar surface area (TPSA) is 57.2 Å². The Balaban J connectivity index is 4.93. The summed E-state index contributed by atoms with van der Waals surface area (Å²) in [6.07, 6.45) is 16.7. The van der Waals surface area contributed by atoms with Crippen LogP contribution >= 0.6 is 0 Å². The fraction of sp³-hybridized carbons (Fsp3) is 0.625. The Morgan fingerprint density at radius 1 is 0.857 bits per heavy atom. The van der Waals surface area contributed by atoms with Gasteiger partial charge in [0.05, 0.1) is 16.7 Å². The highest BCUT2D eigenvalue weighted by Gasteiger charge is 2.18. The van der Waals surface area contributed by atoms with Gasteiger partial charge in [0, 0.05) is 5.75 Å². The van der Waals surface area contributed by atoms with E-state index in [9.17, 15) is 13.0 Å². The molecule has 0 aliphatic heterocycles. The molecule has 5 heteroatoms. The third kappa shape index (κ3) is 10.5. The molecule has 0 amide bonds. The Bertz CT molecular complexity index is 414. The average Bonchev–Trinajstić information content (AvgIpc) is 2.43. The van der Waals surface area contributed by atoms with Crippen LogP contribution in [0, 0.1) is 0 Å². The number of quaternary nitrogens is 1. The van der Waals surface area contributed by atoms with Crippen LogP contribution in [0.15, 0.2) is 36.8 Å². The van der Waals surface area contributed by atoms with E-state index in [0.717, 1.165) is 25.8 Å². The van der Waals surface area contributed by atoms with Gasteiger partial charge in [0.15, 0.2) is 0 Å². The molecule has 0 aromatic rings. The highest BCUT2D eigenvalue weighted by Crippen LogP contribution is 2.16. The molecule has 0 fully saturated rings. The van der Waals surface area contributed by atoms with E-state index in [1.807, 2.05) is 0 Å². The van der Waals surface area contributed by atoms with E-state index >= 15 is 0 Å². The normalized spacial score (nSPS) is 13.9. The number of unbranched alkanes of at least 4 members (excludes halogenated alkanes) is 1. The number of allylic oxidation sites excluding steroid dienone is 3. The molecule has 0 N–H and O–H groups in total. The number of rotatable bonds is 11. The van der Waals surface area contributed by atoms with E-state index < -0.39 is 10.1 Å². The number of hydrogen-bond acceptors (Lipinski definition) is 3. The van der Waals surface area contributed by atoms with Gasteiger partial charge in [0.1, 0.15) is 18.6 Å². The third-order valence-corrected chi connectivity index (χ3v) is 3.83. The summed E-state index contributed by atoms with van der Waals surface area (Å²) in [6, 6.07) is 0. The Morgan fingerprint density at radius 2 is 1.29 bits per heavy atom. The van der Waals surface area contributed by atoms with Crippen LogP contribution in [0.1, 0.15) is 52.9 Å².